The third kappa shape index (κ3) is 3.88. The summed E-state index contributed by atoms with van der Waals surface area (Å²) in [5.74, 6) is 1.95. The molecule has 0 aliphatic heterocycles. The Hall–Kier alpha value is -2.82. The van der Waals surface area contributed by atoms with Crippen molar-refractivity contribution in [1.29, 1.82) is 0 Å². The second-order valence-corrected chi connectivity index (χ2v) is 5.18. The van der Waals surface area contributed by atoms with Gasteiger partial charge in [0.25, 0.3) is 0 Å². The molecule has 0 aliphatic carbocycles. The lowest BCUT2D eigenvalue weighted by molar-refractivity contribution is 0.340. The fourth-order valence-corrected chi connectivity index (χ4v) is 2.23. The predicted molar refractivity (Wildman–Crippen MR) is 89.4 cm³/mol. The molecule has 0 bridgehead atoms. The highest BCUT2D eigenvalue weighted by Crippen LogP contribution is 2.20. The van der Waals surface area contributed by atoms with Crippen molar-refractivity contribution in [3.05, 3.63) is 60.0 Å². The molecule has 0 atom stereocenters. The van der Waals surface area contributed by atoms with E-state index in [-0.39, 0.29) is 0 Å². The monoisotopic (exact) mass is 309 g/mol. The molecule has 1 N–H and O–H groups in total. The minimum absolute atomic E-state index is 0.479. The van der Waals surface area contributed by atoms with Crippen LogP contribution in [0.3, 0.4) is 0 Å². The number of ether oxygens (including phenoxy) is 1. The topological polar surface area (TPSA) is 60.2 Å². The van der Waals surface area contributed by atoms with Crippen LogP contribution in [0.4, 0.5) is 5.69 Å². The summed E-state index contributed by atoms with van der Waals surface area (Å²) in [4.78, 5) is 0. The average molecular weight is 309 g/mol. The molecule has 5 heteroatoms. The number of benzene rings is 2. The number of rotatable bonds is 6. The largest absolute Gasteiger partial charge is 0.494 e. The lowest BCUT2D eigenvalue weighted by Crippen LogP contribution is -1.99. The molecule has 2 aromatic carbocycles. The van der Waals surface area contributed by atoms with Gasteiger partial charge in [-0.25, -0.2) is 0 Å². The zero-order valence-corrected chi connectivity index (χ0v) is 13.2. The van der Waals surface area contributed by atoms with Gasteiger partial charge in [0, 0.05) is 11.3 Å². The molecule has 0 amide bonds. The molecular formula is C18H19N3O2. The molecule has 118 valence electrons. The van der Waals surface area contributed by atoms with Gasteiger partial charge in [-0.3, -0.25) is 0 Å². The highest BCUT2D eigenvalue weighted by atomic mass is 16.5. The van der Waals surface area contributed by atoms with Gasteiger partial charge in [0.05, 0.1) is 13.2 Å². The quantitative estimate of drug-likeness (QED) is 0.744. The Balaban J connectivity index is 1.63. The van der Waals surface area contributed by atoms with Crippen LogP contribution in [0, 0.1) is 6.92 Å². The van der Waals surface area contributed by atoms with Gasteiger partial charge in [0.2, 0.25) is 11.8 Å². The van der Waals surface area contributed by atoms with Crippen molar-refractivity contribution in [2.75, 3.05) is 11.9 Å². The SMILES string of the molecule is CCOc1ccc(NCc2nnc(-c3cccc(C)c3)o2)cc1. The molecule has 3 aromatic rings. The van der Waals surface area contributed by atoms with Crippen LogP contribution in [0.5, 0.6) is 5.75 Å². The maximum atomic E-state index is 5.70. The Bertz CT molecular complexity index is 766. The zero-order valence-electron chi connectivity index (χ0n) is 13.2. The first-order valence-corrected chi connectivity index (χ1v) is 7.61. The molecule has 5 nitrogen and oxygen atoms in total. The normalized spacial score (nSPS) is 10.5. The molecule has 0 unspecified atom stereocenters. The van der Waals surface area contributed by atoms with Crippen LogP contribution in [0.15, 0.2) is 52.9 Å². The van der Waals surface area contributed by atoms with Gasteiger partial charge < -0.3 is 14.5 Å². The van der Waals surface area contributed by atoms with Gasteiger partial charge in [-0.1, -0.05) is 17.7 Å². The zero-order chi connectivity index (χ0) is 16.1. The number of aryl methyl sites for hydroxylation is 1. The summed E-state index contributed by atoms with van der Waals surface area (Å²) in [7, 11) is 0. The molecule has 1 heterocycles. The van der Waals surface area contributed by atoms with Crippen LogP contribution in [-0.2, 0) is 6.54 Å². The smallest absolute Gasteiger partial charge is 0.247 e. The summed E-state index contributed by atoms with van der Waals surface area (Å²) < 4.78 is 11.1. The molecular weight excluding hydrogens is 290 g/mol. The van der Waals surface area contributed by atoms with Crippen LogP contribution in [0.1, 0.15) is 18.4 Å². The highest BCUT2D eigenvalue weighted by molar-refractivity contribution is 5.53. The second kappa shape index (κ2) is 6.96. The van der Waals surface area contributed by atoms with Gasteiger partial charge in [-0.15, -0.1) is 10.2 Å². The fraction of sp³-hybridized carbons (Fsp3) is 0.222. The predicted octanol–water partition coefficient (Wildman–Crippen LogP) is 4.06. The van der Waals surface area contributed by atoms with Crippen molar-refractivity contribution < 1.29 is 9.15 Å². The van der Waals surface area contributed by atoms with Gasteiger partial charge in [-0.2, -0.15) is 0 Å². The number of anilines is 1. The van der Waals surface area contributed by atoms with E-state index in [0.717, 1.165) is 22.6 Å². The first-order chi connectivity index (χ1) is 11.2. The molecule has 23 heavy (non-hydrogen) atoms. The van der Waals surface area contributed by atoms with E-state index in [9.17, 15) is 0 Å². The summed E-state index contributed by atoms with van der Waals surface area (Å²) >= 11 is 0. The minimum atomic E-state index is 0.479. The molecule has 0 spiro atoms. The summed E-state index contributed by atoms with van der Waals surface area (Å²) in [6.45, 7) is 5.14. The maximum absolute atomic E-state index is 5.70. The van der Waals surface area contributed by atoms with Crippen LogP contribution < -0.4 is 10.1 Å². The van der Waals surface area contributed by atoms with Crippen LogP contribution in [-0.4, -0.2) is 16.8 Å². The number of hydrogen-bond donors (Lipinski definition) is 1. The van der Waals surface area contributed by atoms with E-state index < -0.39 is 0 Å². The fourth-order valence-electron chi connectivity index (χ4n) is 2.23. The van der Waals surface area contributed by atoms with Crippen LogP contribution in [0.2, 0.25) is 0 Å². The number of hydrogen-bond acceptors (Lipinski definition) is 5. The third-order valence-corrected chi connectivity index (χ3v) is 3.34. The second-order valence-electron chi connectivity index (χ2n) is 5.18. The van der Waals surface area contributed by atoms with Crippen molar-refractivity contribution in [3.8, 4) is 17.2 Å². The van der Waals surface area contributed by atoms with Gasteiger partial charge >= 0.3 is 0 Å². The van der Waals surface area contributed by atoms with Crippen molar-refractivity contribution in [2.45, 2.75) is 20.4 Å². The standard InChI is InChI=1S/C18H19N3O2/c1-3-22-16-9-7-15(8-10-16)19-12-17-20-21-18(23-17)14-6-4-5-13(2)11-14/h4-11,19H,3,12H2,1-2H3. The van der Waals surface area contributed by atoms with Gasteiger partial charge in [-0.05, 0) is 50.2 Å². The molecule has 0 radical (unpaired) electrons. The van der Waals surface area contributed by atoms with Crippen molar-refractivity contribution >= 4 is 5.69 Å². The molecule has 0 fully saturated rings. The average Bonchev–Trinajstić information content (AvgIpc) is 3.04. The van der Waals surface area contributed by atoms with E-state index in [1.165, 1.54) is 0 Å². The van der Waals surface area contributed by atoms with Gasteiger partial charge in [0.1, 0.15) is 5.75 Å². The van der Waals surface area contributed by atoms with Crippen molar-refractivity contribution in [3.63, 3.8) is 0 Å². The lowest BCUT2D eigenvalue weighted by Gasteiger charge is -2.06. The summed E-state index contributed by atoms with van der Waals surface area (Å²) in [6.07, 6.45) is 0. The van der Waals surface area contributed by atoms with Crippen LogP contribution >= 0.6 is 0 Å². The Morgan fingerprint density at radius 1 is 1.09 bits per heavy atom. The first kappa shape index (κ1) is 15.1. The summed E-state index contributed by atoms with van der Waals surface area (Å²) in [6, 6.07) is 15.8. The van der Waals surface area contributed by atoms with Crippen LogP contribution in [0.25, 0.3) is 11.5 Å². The van der Waals surface area contributed by atoms with Crippen molar-refractivity contribution in [2.24, 2.45) is 0 Å². The molecule has 1 aromatic heterocycles. The van der Waals surface area contributed by atoms with Gasteiger partial charge in [0.15, 0.2) is 0 Å². The summed E-state index contributed by atoms with van der Waals surface area (Å²) in [5.41, 5.74) is 3.07. The van der Waals surface area contributed by atoms with E-state index in [2.05, 4.69) is 15.5 Å². The van der Waals surface area contributed by atoms with E-state index in [0.29, 0.717) is 24.9 Å². The molecule has 0 aliphatic rings. The number of aromatic nitrogens is 2. The Morgan fingerprint density at radius 2 is 1.91 bits per heavy atom. The van der Waals surface area contributed by atoms with E-state index in [1.54, 1.807) is 0 Å². The first-order valence-electron chi connectivity index (χ1n) is 7.61. The van der Waals surface area contributed by atoms with E-state index in [1.807, 2.05) is 62.4 Å². The number of nitrogens with one attached hydrogen (secondary N) is 1. The molecule has 0 saturated carbocycles. The van der Waals surface area contributed by atoms with E-state index >= 15 is 0 Å². The van der Waals surface area contributed by atoms with E-state index in [4.69, 9.17) is 9.15 Å². The third-order valence-electron chi connectivity index (χ3n) is 3.34. The maximum Gasteiger partial charge on any atom is 0.247 e. The minimum Gasteiger partial charge on any atom is -0.494 e. The molecule has 0 saturated heterocycles. The number of nitrogens with zero attached hydrogens (tertiary/aromatic N) is 2. The summed E-state index contributed by atoms with van der Waals surface area (Å²) in [5, 5.41) is 11.4. The van der Waals surface area contributed by atoms with Crippen molar-refractivity contribution in [1.82, 2.24) is 10.2 Å². The Morgan fingerprint density at radius 3 is 2.65 bits per heavy atom. The Labute approximate surface area is 135 Å². The Kier molecular flexibility index (Phi) is 4.57. The highest BCUT2D eigenvalue weighted by Gasteiger charge is 2.08. The molecule has 3 rings (SSSR count). The lowest BCUT2D eigenvalue weighted by atomic mass is 10.1.